The second kappa shape index (κ2) is 9.83. The van der Waals surface area contributed by atoms with Gasteiger partial charge in [-0.25, -0.2) is 0 Å². The summed E-state index contributed by atoms with van der Waals surface area (Å²) >= 11 is 0. The van der Waals surface area contributed by atoms with Crippen LogP contribution in [0.15, 0.2) is 48.5 Å². The zero-order valence-corrected chi connectivity index (χ0v) is 20.2. The quantitative estimate of drug-likeness (QED) is 0.427. The highest BCUT2D eigenvalue weighted by Gasteiger charge is 2.22. The molecular formula is C28H28O6. The lowest BCUT2D eigenvalue weighted by Crippen LogP contribution is -2.04. The molecule has 0 unspecified atom stereocenters. The lowest BCUT2D eigenvalue weighted by molar-refractivity contribution is 0.354. The molecule has 176 valence electrons. The molecule has 4 rings (SSSR count). The van der Waals surface area contributed by atoms with Gasteiger partial charge in [-0.2, -0.15) is 0 Å². The molecule has 1 heterocycles. The molecular weight excluding hydrogens is 432 g/mol. The zero-order chi connectivity index (χ0) is 24.2. The van der Waals surface area contributed by atoms with E-state index in [1.54, 1.807) is 35.5 Å². The second-order valence-corrected chi connectivity index (χ2v) is 7.71. The standard InChI is InChI=1S/C28H28O6/c1-17-11-19(8-10-22(17)29-2)24-14-20-15-27(32-5)28(33-6)16-21(20)25(34-24)12-18-7-9-23(30-3)26(13-18)31-4/h7-16H,1-6H3/b25-12-. The minimum atomic E-state index is 0.625. The molecule has 0 radical (unpaired) electrons. The van der Waals surface area contributed by atoms with Crippen LogP contribution in [-0.2, 0) is 4.74 Å². The van der Waals surface area contributed by atoms with Crippen molar-refractivity contribution in [2.45, 2.75) is 6.92 Å². The van der Waals surface area contributed by atoms with Crippen LogP contribution in [0.5, 0.6) is 28.7 Å². The van der Waals surface area contributed by atoms with Crippen LogP contribution < -0.4 is 23.7 Å². The first kappa shape index (κ1) is 23.1. The van der Waals surface area contributed by atoms with Gasteiger partial charge >= 0.3 is 0 Å². The first-order chi connectivity index (χ1) is 16.5. The van der Waals surface area contributed by atoms with Gasteiger partial charge in [-0.15, -0.1) is 0 Å². The first-order valence-corrected chi connectivity index (χ1v) is 10.8. The molecule has 0 saturated carbocycles. The average molecular weight is 461 g/mol. The van der Waals surface area contributed by atoms with Gasteiger partial charge in [0.15, 0.2) is 23.0 Å². The van der Waals surface area contributed by atoms with Crippen molar-refractivity contribution in [3.05, 3.63) is 76.3 Å². The van der Waals surface area contributed by atoms with E-state index in [4.69, 9.17) is 28.4 Å². The molecule has 1 aliphatic heterocycles. The van der Waals surface area contributed by atoms with E-state index in [0.717, 1.165) is 39.3 Å². The Kier molecular flexibility index (Phi) is 6.68. The van der Waals surface area contributed by atoms with E-state index in [1.165, 1.54) is 0 Å². The van der Waals surface area contributed by atoms with Crippen LogP contribution in [0, 0.1) is 6.92 Å². The fourth-order valence-corrected chi connectivity index (χ4v) is 3.95. The van der Waals surface area contributed by atoms with Crippen molar-refractivity contribution in [1.29, 1.82) is 0 Å². The summed E-state index contributed by atoms with van der Waals surface area (Å²) in [4.78, 5) is 0. The predicted molar refractivity (Wildman–Crippen MR) is 134 cm³/mol. The average Bonchev–Trinajstić information content (AvgIpc) is 2.87. The topological polar surface area (TPSA) is 55.4 Å². The third kappa shape index (κ3) is 4.39. The summed E-state index contributed by atoms with van der Waals surface area (Å²) in [7, 11) is 8.14. The van der Waals surface area contributed by atoms with E-state index in [-0.39, 0.29) is 0 Å². The highest BCUT2D eigenvalue weighted by atomic mass is 16.5. The number of hydrogen-bond acceptors (Lipinski definition) is 6. The third-order valence-corrected chi connectivity index (χ3v) is 5.71. The molecule has 6 heteroatoms. The summed E-state index contributed by atoms with van der Waals surface area (Å²) < 4.78 is 33.8. The van der Waals surface area contributed by atoms with Crippen molar-refractivity contribution >= 4 is 23.7 Å². The Morgan fingerprint density at radius 1 is 0.647 bits per heavy atom. The monoisotopic (exact) mass is 460 g/mol. The highest BCUT2D eigenvalue weighted by Crippen LogP contribution is 2.42. The van der Waals surface area contributed by atoms with Crippen molar-refractivity contribution in [1.82, 2.24) is 0 Å². The molecule has 0 bridgehead atoms. The second-order valence-electron chi connectivity index (χ2n) is 7.71. The SMILES string of the molecule is COc1ccc(C2=Cc3cc(OC)c(OC)cc3/C(=C/c3ccc(OC)c(OC)c3)O2)cc1C. The molecule has 0 aliphatic carbocycles. The van der Waals surface area contributed by atoms with Crippen LogP contribution >= 0.6 is 0 Å². The van der Waals surface area contributed by atoms with Crippen LogP contribution in [0.3, 0.4) is 0 Å². The Morgan fingerprint density at radius 3 is 1.91 bits per heavy atom. The van der Waals surface area contributed by atoms with Gasteiger partial charge in [0.25, 0.3) is 0 Å². The van der Waals surface area contributed by atoms with Gasteiger partial charge in [0.2, 0.25) is 0 Å². The lowest BCUT2D eigenvalue weighted by atomic mass is 9.97. The lowest BCUT2D eigenvalue weighted by Gasteiger charge is -2.23. The highest BCUT2D eigenvalue weighted by molar-refractivity contribution is 5.94. The van der Waals surface area contributed by atoms with E-state index in [1.807, 2.05) is 67.6 Å². The number of benzene rings is 3. The van der Waals surface area contributed by atoms with Crippen molar-refractivity contribution in [3.63, 3.8) is 0 Å². The van der Waals surface area contributed by atoms with E-state index in [9.17, 15) is 0 Å². The molecule has 6 nitrogen and oxygen atoms in total. The van der Waals surface area contributed by atoms with Gasteiger partial charge in [0, 0.05) is 11.1 Å². The van der Waals surface area contributed by atoms with Crippen LogP contribution in [0.1, 0.15) is 27.8 Å². The molecule has 0 fully saturated rings. The summed E-state index contributed by atoms with van der Waals surface area (Å²) in [6.07, 6.45) is 3.97. The fraction of sp³-hybridized carbons (Fsp3) is 0.214. The molecule has 34 heavy (non-hydrogen) atoms. The number of ether oxygens (including phenoxy) is 6. The van der Waals surface area contributed by atoms with Gasteiger partial charge in [-0.1, -0.05) is 6.07 Å². The number of rotatable bonds is 7. The minimum Gasteiger partial charge on any atom is -0.496 e. The summed E-state index contributed by atoms with van der Waals surface area (Å²) in [6.45, 7) is 2.01. The Balaban J connectivity index is 1.87. The molecule has 0 aromatic heterocycles. The number of aryl methyl sites for hydroxylation is 1. The van der Waals surface area contributed by atoms with Crippen LogP contribution in [0.25, 0.3) is 23.7 Å². The largest absolute Gasteiger partial charge is 0.496 e. The molecule has 0 atom stereocenters. The van der Waals surface area contributed by atoms with E-state index in [0.29, 0.717) is 28.8 Å². The van der Waals surface area contributed by atoms with Crippen molar-refractivity contribution < 1.29 is 28.4 Å². The summed E-state index contributed by atoms with van der Waals surface area (Å²) in [6, 6.07) is 15.6. The van der Waals surface area contributed by atoms with Crippen molar-refractivity contribution in [2.24, 2.45) is 0 Å². The summed E-state index contributed by atoms with van der Waals surface area (Å²) in [5.41, 5.74) is 4.71. The van der Waals surface area contributed by atoms with Crippen molar-refractivity contribution in [2.75, 3.05) is 35.5 Å². The molecule has 0 spiro atoms. The molecule has 0 saturated heterocycles. The Bertz CT molecular complexity index is 1270. The van der Waals surface area contributed by atoms with Crippen LogP contribution in [-0.4, -0.2) is 35.5 Å². The van der Waals surface area contributed by atoms with E-state index in [2.05, 4.69) is 0 Å². The minimum absolute atomic E-state index is 0.625. The Hall–Kier alpha value is -4.06. The molecule has 3 aromatic rings. The Morgan fingerprint density at radius 2 is 1.26 bits per heavy atom. The van der Waals surface area contributed by atoms with Crippen LogP contribution in [0.4, 0.5) is 0 Å². The normalized spacial score (nSPS) is 13.5. The number of methoxy groups -OCH3 is 5. The third-order valence-electron chi connectivity index (χ3n) is 5.71. The maximum atomic E-state index is 6.45. The zero-order valence-electron chi connectivity index (χ0n) is 20.2. The Labute approximate surface area is 199 Å². The molecule has 0 amide bonds. The molecule has 3 aromatic carbocycles. The predicted octanol–water partition coefficient (Wildman–Crippen LogP) is 6.06. The number of fused-ring (bicyclic) bond motifs is 1. The van der Waals surface area contributed by atoms with E-state index < -0.39 is 0 Å². The van der Waals surface area contributed by atoms with Gasteiger partial charge in [-0.3, -0.25) is 0 Å². The van der Waals surface area contributed by atoms with Gasteiger partial charge < -0.3 is 28.4 Å². The van der Waals surface area contributed by atoms with E-state index >= 15 is 0 Å². The van der Waals surface area contributed by atoms with Gasteiger partial charge in [-0.05, 0) is 78.2 Å². The maximum Gasteiger partial charge on any atom is 0.161 e. The summed E-state index contributed by atoms with van der Waals surface area (Å²) in [5.74, 6) is 4.80. The maximum absolute atomic E-state index is 6.45. The van der Waals surface area contributed by atoms with Gasteiger partial charge in [0.05, 0.1) is 35.5 Å². The molecule has 1 aliphatic rings. The van der Waals surface area contributed by atoms with Gasteiger partial charge in [0.1, 0.15) is 17.3 Å². The first-order valence-electron chi connectivity index (χ1n) is 10.8. The molecule has 0 N–H and O–H groups in total. The fourth-order valence-electron chi connectivity index (χ4n) is 3.95. The summed E-state index contributed by atoms with van der Waals surface area (Å²) in [5, 5.41) is 0. The van der Waals surface area contributed by atoms with Crippen molar-refractivity contribution in [3.8, 4) is 28.7 Å². The number of hydrogen-bond donors (Lipinski definition) is 0. The smallest absolute Gasteiger partial charge is 0.161 e. The van der Waals surface area contributed by atoms with Crippen LogP contribution in [0.2, 0.25) is 0 Å².